The highest BCUT2D eigenvalue weighted by atomic mass is 16.5. The first-order chi connectivity index (χ1) is 15.9. The molecule has 1 aliphatic rings. The van der Waals surface area contributed by atoms with Gasteiger partial charge >= 0.3 is 5.69 Å². The molecule has 1 aromatic carbocycles. The van der Waals surface area contributed by atoms with Crippen LogP contribution in [0.4, 0.5) is 5.69 Å². The van der Waals surface area contributed by atoms with E-state index in [2.05, 4.69) is 20.3 Å². The molecule has 3 aromatic rings. The standard InChI is InChI=1S/C22H27N7O4/c1-14(25-21(31)19-18(23)20(30)27-22(32)26-19)15-3-2-4-16(11-15)17-12-24-29(13-17)6-5-28-7-9-33-10-8-28/h2-4,11-14H,5-10,23H2,1H3,(H,25,31)(H2,26,27,30,32). The molecule has 1 atom stereocenters. The smallest absolute Gasteiger partial charge is 0.326 e. The molecule has 4 rings (SSSR count). The van der Waals surface area contributed by atoms with Crippen LogP contribution in [0.2, 0.25) is 0 Å². The molecule has 0 radical (unpaired) electrons. The third-order valence-electron chi connectivity index (χ3n) is 5.66. The number of nitrogen functional groups attached to an aromatic ring is 1. The number of morpholine rings is 1. The topological polar surface area (TPSA) is 151 Å². The fourth-order valence-corrected chi connectivity index (χ4v) is 3.72. The largest absolute Gasteiger partial charge is 0.392 e. The first-order valence-electron chi connectivity index (χ1n) is 10.8. The Hall–Kier alpha value is -3.70. The van der Waals surface area contributed by atoms with Gasteiger partial charge in [0.15, 0.2) is 0 Å². The molecule has 11 nitrogen and oxygen atoms in total. The summed E-state index contributed by atoms with van der Waals surface area (Å²) in [6.45, 7) is 6.95. The van der Waals surface area contributed by atoms with Crippen LogP contribution in [-0.4, -0.2) is 63.4 Å². The predicted octanol–water partition coefficient (Wildman–Crippen LogP) is 0.332. The van der Waals surface area contributed by atoms with Gasteiger partial charge in [0, 0.05) is 31.4 Å². The Morgan fingerprint density at radius 3 is 2.79 bits per heavy atom. The number of carbonyl (C=O) groups is 1. The zero-order chi connectivity index (χ0) is 23.4. The molecule has 5 N–H and O–H groups in total. The number of nitrogens with one attached hydrogen (secondary N) is 3. The molecule has 1 amide bonds. The first kappa shape index (κ1) is 22.5. The molecule has 11 heteroatoms. The van der Waals surface area contributed by atoms with E-state index in [1.807, 2.05) is 53.2 Å². The zero-order valence-electron chi connectivity index (χ0n) is 18.3. The second-order valence-electron chi connectivity index (χ2n) is 7.96. The van der Waals surface area contributed by atoms with Gasteiger partial charge < -0.3 is 20.8 Å². The molecule has 0 spiro atoms. The maximum atomic E-state index is 12.6. The summed E-state index contributed by atoms with van der Waals surface area (Å²) in [5.41, 5.74) is 6.26. The van der Waals surface area contributed by atoms with Crippen molar-refractivity contribution in [2.75, 3.05) is 38.6 Å². The Morgan fingerprint density at radius 1 is 1.21 bits per heavy atom. The van der Waals surface area contributed by atoms with Crippen molar-refractivity contribution in [1.29, 1.82) is 0 Å². The van der Waals surface area contributed by atoms with Gasteiger partial charge in [0.25, 0.3) is 11.5 Å². The quantitative estimate of drug-likeness (QED) is 0.402. The van der Waals surface area contributed by atoms with Gasteiger partial charge in [-0.15, -0.1) is 0 Å². The first-order valence-corrected chi connectivity index (χ1v) is 10.8. The number of anilines is 1. The molecular weight excluding hydrogens is 426 g/mol. The van der Waals surface area contributed by atoms with Gasteiger partial charge in [-0.05, 0) is 24.1 Å². The van der Waals surface area contributed by atoms with Gasteiger partial charge in [0.2, 0.25) is 0 Å². The van der Waals surface area contributed by atoms with Gasteiger partial charge in [-0.2, -0.15) is 5.10 Å². The summed E-state index contributed by atoms with van der Waals surface area (Å²) in [4.78, 5) is 42.4. The van der Waals surface area contributed by atoms with Crippen molar-refractivity contribution in [3.63, 3.8) is 0 Å². The normalized spacial score (nSPS) is 15.3. The predicted molar refractivity (Wildman–Crippen MR) is 123 cm³/mol. The minimum Gasteiger partial charge on any atom is -0.392 e. The van der Waals surface area contributed by atoms with Crippen LogP contribution in [0.1, 0.15) is 29.0 Å². The fraction of sp³-hybridized carbons (Fsp3) is 0.364. The van der Waals surface area contributed by atoms with Crippen molar-refractivity contribution in [3.05, 3.63) is 68.8 Å². The van der Waals surface area contributed by atoms with Crippen molar-refractivity contribution in [3.8, 4) is 11.1 Å². The number of rotatable bonds is 7. The third kappa shape index (κ3) is 5.38. The number of H-pyrrole nitrogens is 2. The number of carbonyl (C=O) groups excluding carboxylic acids is 1. The highest BCUT2D eigenvalue weighted by Crippen LogP contribution is 2.23. The maximum absolute atomic E-state index is 12.6. The van der Waals surface area contributed by atoms with E-state index >= 15 is 0 Å². The van der Waals surface area contributed by atoms with E-state index in [1.54, 1.807) is 0 Å². The lowest BCUT2D eigenvalue weighted by Gasteiger charge is -2.26. The van der Waals surface area contributed by atoms with Gasteiger partial charge in [-0.3, -0.25) is 24.2 Å². The number of aromatic amines is 2. The Balaban J connectivity index is 1.43. The van der Waals surface area contributed by atoms with Crippen LogP contribution in [0, 0.1) is 0 Å². The minimum absolute atomic E-state index is 0.256. The monoisotopic (exact) mass is 453 g/mol. The Labute approximate surface area is 189 Å². The van der Waals surface area contributed by atoms with E-state index < -0.39 is 23.2 Å². The van der Waals surface area contributed by atoms with E-state index in [-0.39, 0.29) is 11.4 Å². The molecule has 0 bridgehead atoms. The second-order valence-corrected chi connectivity index (χ2v) is 7.96. The summed E-state index contributed by atoms with van der Waals surface area (Å²) in [5, 5.41) is 7.24. The summed E-state index contributed by atoms with van der Waals surface area (Å²) >= 11 is 0. The van der Waals surface area contributed by atoms with Gasteiger partial charge in [0.1, 0.15) is 11.4 Å². The summed E-state index contributed by atoms with van der Waals surface area (Å²) in [6, 6.07) is 7.35. The second kappa shape index (κ2) is 9.84. The highest BCUT2D eigenvalue weighted by Gasteiger charge is 2.18. The van der Waals surface area contributed by atoms with Crippen LogP contribution in [0.15, 0.2) is 46.2 Å². The molecule has 174 valence electrons. The molecule has 1 unspecified atom stereocenters. The fourth-order valence-electron chi connectivity index (χ4n) is 3.72. The lowest BCUT2D eigenvalue weighted by atomic mass is 10.0. The van der Waals surface area contributed by atoms with Crippen LogP contribution in [-0.2, 0) is 11.3 Å². The molecular formula is C22H27N7O4. The molecule has 1 aliphatic heterocycles. The van der Waals surface area contributed by atoms with Crippen molar-refractivity contribution >= 4 is 11.6 Å². The number of hydrogen-bond donors (Lipinski definition) is 4. The molecule has 2 aromatic heterocycles. The number of nitrogens with two attached hydrogens (primary N) is 1. The zero-order valence-corrected chi connectivity index (χ0v) is 18.3. The SMILES string of the molecule is CC(NC(=O)c1[nH]c(=O)[nH]c(=O)c1N)c1cccc(-c2cnn(CCN3CCOCC3)c2)c1. The van der Waals surface area contributed by atoms with E-state index in [4.69, 9.17) is 10.5 Å². The highest BCUT2D eigenvalue weighted by molar-refractivity contribution is 5.97. The summed E-state index contributed by atoms with van der Waals surface area (Å²) < 4.78 is 7.31. The number of benzene rings is 1. The van der Waals surface area contributed by atoms with Crippen molar-refractivity contribution < 1.29 is 9.53 Å². The lowest BCUT2D eigenvalue weighted by molar-refractivity contribution is 0.0360. The van der Waals surface area contributed by atoms with E-state index in [0.29, 0.717) is 0 Å². The van der Waals surface area contributed by atoms with Crippen LogP contribution >= 0.6 is 0 Å². The van der Waals surface area contributed by atoms with E-state index in [0.717, 1.165) is 56.1 Å². The average Bonchev–Trinajstić information content (AvgIpc) is 3.30. The average molecular weight is 454 g/mol. The molecule has 1 fully saturated rings. The molecule has 0 saturated carbocycles. The van der Waals surface area contributed by atoms with E-state index in [9.17, 15) is 14.4 Å². The summed E-state index contributed by atoms with van der Waals surface area (Å²) in [6.07, 6.45) is 3.83. The molecule has 1 saturated heterocycles. The minimum atomic E-state index is -0.802. The van der Waals surface area contributed by atoms with Gasteiger partial charge in [-0.1, -0.05) is 18.2 Å². The lowest BCUT2D eigenvalue weighted by Crippen LogP contribution is -2.38. The number of aromatic nitrogens is 4. The van der Waals surface area contributed by atoms with Crippen LogP contribution in [0.3, 0.4) is 0 Å². The van der Waals surface area contributed by atoms with Crippen LogP contribution in [0.25, 0.3) is 11.1 Å². The van der Waals surface area contributed by atoms with Gasteiger partial charge in [0.05, 0.1) is 32.0 Å². The molecule has 0 aliphatic carbocycles. The van der Waals surface area contributed by atoms with Crippen molar-refractivity contribution in [2.24, 2.45) is 0 Å². The van der Waals surface area contributed by atoms with Crippen molar-refractivity contribution in [2.45, 2.75) is 19.5 Å². The van der Waals surface area contributed by atoms with Crippen molar-refractivity contribution in [1.82, 2.24) is 30.0 Å². The number of nitrogens with zero attached hydrogens (tertiary/aromatic N) is 3. The van der Waals surface area contributed by atoms with Gasteiger partial charge in [-0.25, -0.2) is 4.79 Å². The Morgan fingerprint density at radius 2 is 2.00 bits per heavy atom. The summed E-state index contributed by atoms with van der Waals surface area (Å²) in [5.74, 6) is -0.635. The molecule has 33 heavy (non-hydrogen) atoms. The number of amides is 1. The molecule has 3 heterocycles. The Kier molecular flexibility index (Phi) is 6.71. The number of hydrogen-bond acceptors (Lipinski definition) is 7. The van der Waals surface area contributed by atoms with Crippen LogP contribution in [0.5, 0.6) is 0 Å². The number of ether oxygens (including phenoxy) is 1. The summed E-state index contributed by atoms with van der Waals surface area (Å²) in [7, 11) is 0. The van der Waals surface area contributed by atoms with E-state index in [1.165, 1.54) is 0 Å². The Bertz CT molecular complexity index is 1240. The van der Waals surface area contributed by atoms with Crippen LogP contribution < -0.4 is 22.3 Å². The maximum Gasteiger partial charge on any atom is 0.326 e. The third-order valence-corrected chi connectivity index (χ3v) is 5.66.